The van der Waals surface area contributed by atoms with Crippen LogP contribution in [0.25, 0.3) is 0 Å². The lowest BCUT2D eigenvalue weighted by Gasteiger charge is -2.19. The van der Waals surface area contributed by atoms with E-state index in [1.54, 1.807) is 12.1 Å². The summed E-state index contributed by atoms with van der Waals surface area (Å²) in [6.45, 7) is 3.74. The van der Waals surface area contributed by atoms with E-state index in [2.05, 4.69) is 5.32 Å². The van der Waals surface area contributed by atoms with Gasteiger partial charge >= 0.3 is 7.12 Å². The van der Waals surface area contributed by atoms with Gasteiger partial charge in [0.15, 0.2) is 0 Å². The monoisotopic (exact) mass is 299 g/mol. The summed E-state index contributed by atoms with van der Waals surface area (Å²) in [5, 5.41) is 12.6. The SMILES string of the molecule is CC1(C)OB(O)c2cc(NC(=O)c3cccc(F)c3)ccc21. The third kappa shape index (κ3) is 2.63. The van der Waals surface area contributed by atoms with Crippen LogP contribution in [0.15, 0.2) is 42.5 Å². The van der Waals surface area contributed by atoms with Gasteiger partial charge in [0.1, 0.15) is 5.82 Å². The first-order valence-corrected chi connectivity index (χ1v) is 6.94. The fourth-order valence-corrected chi connectivity index (χ4v) is 2.63. The molecule has 0 spiro atoms. The summed E-state index contributed by atoms with van der Waals surface area (Å²) in [6, 6.07) is 10.7. The molecule has 0 atom stereocenters. The third-order valence-electron chi connectivity index (χ3n) is 3.72. The molecule has 0 saturated heterocycles. The Hall–Kier alpha value is -2.18. The van der Waals surface area contributed by atoms with Crippen LogP contribution in [0, 0.1) is 5.82 Å². The van der Waals surface area contributed by atoms with Crippen molar-refractivity contribution in [3.63, 3.8) is 0 Å². The number of amides is 1. The van der Waals surface area contributed by atoms with Crippen LogP contribution in [0.5, 0.6) is 0 Å². The first kappa shape index (κ1) is 14.7. The highest BCUT2D eigenvalue weighted by molar-refractivity contribution is 6.62. The Labute approximate surface area is 128 Å². The van der Waals surface area contributed by atoms with Crippen LogP contribution in [0.2, 0.25) is 0 Å². The molecule has 1 aliphatic rings. The summed E-state index contributed by atoms with van der Waals surface area (Å²) < 4.78 is 18.6. The minimum Gasteiger partial charge on any atom is -0.423 e. The molecule has 3 rings (SSSR count). The Morgan fingerprint density at radius 2 is 2.05 bits per heavy atom. The van der Waals surface area contributed by atoms with Crippen LogP contribution >= 0.6 is 0 Å². The minimum absolute atomic E-state index is 0.234. The molecular formula is C16H15BFNO3. The Kier molecular flexibility index (Phi) is 3.50. The highest BCUT2D eigenvalue weighted by Gasteiger charge is 2.40. The van der Waals surface area contributed by atoms with Gasteiger partial charge < -0.3 is 15.0 Å². The topological polar surface area (TPSA) is 58.6 Å². The molecule has 0 radical (unpaired) electrons. The zero-order chi connectivity index (χ0) is 15.9. The molecular weight excluding hydrogens is 284 g/mol. The number of hydrogen-bond donors (Lipinski definition) is 2. The predicted octanol–water partition coefficient (Wildman–Crippen LogP) is 2.03. The van der Waals surface area contributed by atoms with Crippen molar-refractivity contribution < 1.29 is 18.9 Å². The lowest BCUT2D eigenvalue weighted by atomic mass is 9.78. The maximum Gasteiger partial charge on any atom is 0.492 e. The lowest BCUT2D eigenvalue weighted by Crippen LogP contribution is -2.29. The van der Waals surface area contributed by atoms with Gasteiger partial charge in [0, 0.05) is 11.3 Å². The maximum absolute atomic E-state index is 13.2. The first-order chi connectivity index (χ1) is 10.4. The number of rotatable bonds is 2. The molecule has 22 heavy (non-hydrogen) atoms. The van der Waals surface area contributed by atoms with Gasteiger partial charge in [0.05, 0.1) is 5.60 Å². The van der Waals surface area contributed by atoms with Crippen LogP contribution in [0.4, 0.5) is 10.1 Å². The van der Waals surface area contributed by atoms with E-state index < -0.39 is 24.4 Å². The van der Waals surface area contributed by atoms with Gasteiger partial charge in [-0.05, 0) is 55.2 Å². The first-order valence-electron chi connectivity index (χ1n) is 6.94. The quantitative estimate of drug-likeness (QED) is 0.834. The molecule has 0 aromatic heterocycles. The summed E-state index contributed by atoms with van der Waals surface area (Å²) in [6.07, 6.45) is 0. The van der Waals surface area contributed by atoms with E-state index in [0.717, 1.165) is 5.56 Å². The van der Waals surface area contributed by atoms with E-state index in [1.807, 2.05) is 19.9 Å². The fraction of sp³-hybridized carbons (Fsp3) is 0.188. The van der Waals surface area contributed by atoms with Crippen LogP contribution < -0.4 is 10.8 Å². The Balaban J connectivity index is 1.86. The second-order valence-electron chi connectivity index (χ2n) is 5.75. The van der Waals surface area contributed by atoms with Crippen molar-refractivity contribution >= 4 is 24.2 Å². The van der Waals surface area contributed by atoms with Crippen LogP contribution in [0.1, 0.15) is 29.8 Å². The van der Waals surface area contributed by atoms with Crippen molar-refractivity contribution in [2.45, 2.75) is 19.4 Å². The highest BCUT2D eigenvalue weighted by Crippen LogP contribution is 2.30. The molecule has 1 aliphatic heterocycles. The van der Waals surface area contributed by atoms with Crippen LogP contribution in [-0.4, -0.2) is 18.0 Å². The van der Waals surface area contributed by atoms with Crippen molar-refractivity contribution in [3.05, 3.63) is 59.4 Å². The average Bonchev–Trinajstić information content (AvgIpc) is 2.68. The zero-order valence-corrected chi connectivity index (χ0v) is 12.3. The van der Waals surface area contributed by atoms with Gasteiger partial charge in [0.25, 0.3) is 5.91 Å². The number of benzene rings is 2. The van der Waals surface area contributed by atoms with Crippen molar-refractivity contribution in [1.82, 2.24) is 0 Å². The standard InChI is InChI=1S/C16H15BFNO3/c1-16(2)13-7-6-12(9-14(13)17(21)22-16)19-15(20)10-4-3-5-11(18)8-10/h3-9,21H,1-2H3,(H,19,20). The summed E-state index contributed by atoms with van der Waals surface area (Å²) in [7, 11) is -1.02. The Morgan fingerprint density at radius 3 is 2.77 bits per heavy atom. The van der Waals surface area contributed by atoms with E-state index in [4.69, 9.17) is 4.65 Å². The van der Waals surface area contributed by atoms with Crippen molar-refractivity contribution in [2.24, 2.45) is 0 Å². The summed E-state index contributed by atoms with van der Waals surface area (Å²) >= 11 is 0. The molecule has 0 saturated carbocycles. The summed E-state index contributed by atoms with van der Waals surface area (Å²) in [5.74, 6) is -0.876. The molecule has 4 nitrogen and oxygen atoms in total. The second-order valence-corrected chi connectivity index (χ2v) is 5.75. The fourth-order valence-electron chi connectivity index (χ4n) is 2.63. The molecule has 1 heterocycles. The minimum atomic E-state index is -1.02. The molecule has 0 fully saturated rings. The van der Waals surface area contributed by atoms with Crippen LogP contribution in [0.3, 0.4) is 0 Å². The molecule has 112 valence electrons. The smallest absolute Gasteiger partial charge is 0.423 e. The third-order valence-corrected chi connectivity index (χ3v) is 3.72. The lowest BCUT2D eigenvalue weighted by molar-refractivity contribution is 0.100. The summed E-state index contributed by atoms with van der Waals surface area (Å²) in [5.41, 5.74) is 1.69. The Bertz CT molecular complexity index is 748. The van der Waals surface area contributed by atoms with Crippen molar-refractivity contribution in [2.75, 3.05) is 5.32 Å². The molecule has 6 heteroatoms. The number of carbonyl (C=O) groups is 1. The molecule has 1 amide bonds. The number of fused-ring (bicyclic) bond motifs is 1. The average molecular weight is 299 g/mol. The second kappa shape index (κ2) is 5.23. The molecule has 2 N–H and O–H groups in total. The van der Waals surface area contributed by atoms with E-state index >= 15 is 0 Å². The predicted molar refractivity (Wildman–Crippen MR) is 82.5 cm³/mol. The van der Waals surface area contributed by atoms with E-state index in [-0.39, 0.29) is 5.56 Å². The largest absolute Gasteiger partial charge is 0.492 e. The van der Waals surface area contributed by atoms with Gasteiger partial charge in [-0.1, -0.05) is 12.1 Å². The van der Waals surface area contributed by atoms with Gasteiger partial charge in [-0.3, -0.25) is 4.79 Å². The maximum atomic E-state index is 13.2. The highest BCUT2D eigenvalue weighted by atomic mass is 19.1. The molecule has 2 aromatic carbocycles. The Morgan fingerprint density at radius 1 is 1.27 bits per heavy atom. The molecule has 0 bridgehead atoms. The van der Waals surface area contributed by atoms with Gasteiger partial charge in [-0.15, -0.1) is 0 Å². The van der Waals surface area contributed by atoms with E-state index in [1.165, 1.54) is 24.3 Å². The number of anilines is 1. The molecule has 0 unspecified atom stereocenters. The summed E-state index contributed by atoms with van der Waals surface area (Å²) in [4.78, 5) is 12.1. The number of hydrogen-bond acceptors (Lipinski definition) is 3. The zero-order valence-electron chi connectivity index (χ0n) is 12.3. The van der Waals surface area contributed by atoms with E-state index in [0.29, 0.717) is 11.2 Å². The number of carbonyl (C=O) groups excluding carboxylic acids is 1. The number of halogens is 1. The van der Waals surface area contributed by atoms with Gasteiger partial charge in [0.2, 0.25) is 0 Å². The van der Waals surface area contributed by atoms with Gasteiger partial charge in [-0.25, -0.2) is 4.39 Å². The van der Waals surface area contributed by atoms with Crippen LogP contribution in [-0.2, 0) is 10.3 Å². The van der Waals surface area contributed by atoms with Crippen molar-refractivity contribution in [3.8, 4) is 0 Å². The molecule has 0 aliphatic carbocycles. The van der Waals surface area contributed by atoms with Crippen molar-refractivity contribution in [1.29, 1.82) is 0 Å². The normalized spacial score (nSPS) is 15.5. The molecule has 2 aromatic rings. The van der Waals surface area contributed by atoms with E-state index in [9.17, 15) is 14.2 Å². The number of nitrogens with one attached hydrogen (secondary N) is 1. The van der Waals surface area contributed by atoms with Gasteiger partial charge in [-0.2, -0.15) is 0 Å².